The molecule has 0 atom stereocenters. The fourth-order valence-electron chi connectivity index (χ4n) is 2.82. The number of thiophene rings is 1. The molecule has 7 heteroatoms. The van der Waals surface area contributed by atoms with E-state index in [2.05, 4.69) is 20.9 Å². The molecule has 0 fully saturated rings. The Morgan fingerprint density at radius 1 is 1.32 bits per heavy atom. The number of hydrogen-bond acceptors (Lipinski definition) is 4. The topological polar surface area (TPSA) is 72.2 Å². The average Bonchev–Trinajstić information content (AvgIpc) is 2.96. The first kappa shape index (κ1) is 17.8. The van der Waals surface area contributed by atoms with Gasteiger partial charge in [-0.25, -0.2) is 4.98 Å². The zero-order valence-corrected chi connectivity index (χ0v) is 16.3. The van der Waals surface area contributed by atoms with Gasteiger partial charge in [0.25, 0.3) is 5.56 Å². The average molecular weight is 421 g/mol. The van der Waals surface area contributed by atoms with E-state index in [-0.39, 0.29) is 12.0 Å². The predicted octanol–water partition coefficient (Wildman–Crippen LogP) is 4.37. The molecular weight excluding hydrogens is 404 g/mol. The summed E-state index contributed by atoms with van der Waals surface area (Å²) < 4.78 is 2.50. The molecule has 0 saturated carbocycles. The molecule has 0 unspecified atom stereocenters. The summed E-state index contributed by atoms with van der Waals surface area (Å²) in [5, 5.41) is 11.4. The summed E-state index contributed by atoms with van der Waals surface area (Å²) >= 11 is 5.01. The van der Waals surface area contributed by atoms with Crippen LogP contribution in [-0.4, -0.2) is 20.6 Å². The second-order valence-corrected chi connectivity index (χ2v) is 7.64. The third-order valence-electron chi connectivity index (χ3n) is 4.07. The summed E-state index contributed by atoms with van der Waals surface area (Å²) in [4.78, 5) is 29.0. The summed E-state index contributed by atoms with van der Waals surface area (Å²) in [6, 6.07) is 6.02. The fourth-order valence-corrected chi connectivity index (χ4v) is 4.26. The molecule has 0 amide bonds. The number of fused-ring (bicyclic) bond motifs is 1. The highest BCUT2D eigenvalue weighted by atomic mass is 79.9. The van der Waals surface area contributed by atoms with Crippen molar-refractivity contribution in [1.82, 2.24) is 9.55 Å². The van der Waals surface area contributed by atoms with E-state index in [1.807, 2.05) is 30.5 Å². The Kier molecular flexibility index (Phi) is 5.06. The van der Waals surface area contributed by atoms with Gasteiger partial charge in [0.1, 0.15) is 10.7 Å². The Balaban J connectivity index is 2.15. The number of carboxylic acids is 1. The molecule has 1 N–H and O–H groups in total. The minimum Gasteiger partial charge on any atom is -0.481 e. The Bertz CT molecular complexity index is 1020. The smallest absolute Gasteiger partial charge is 0.303 e. The van der Waals surface area contributed by atoms with Crippen molar-refractivity contribution in [3.8, 4) is 11.1 Å². The van der Waals surface area contributed by atoms with E-state index in [0.717, 1.165) is 21.2 Å². The number of benzene rings is 1. The van der Waals surface area contributed by atoms with Gasteiger partial charge in [0.05, 0.1) is 5.39 Å². The van der Waals surface area contributed by atoms with Crippen molar-refractivity contribution in [2.75, 3.05) is 0 Å². The first-order chi connectivity index (χ1) is 11.9. The predicted molar refractivity (Wildman–Crippen MR) is 103 cm³/mol. The number of aryl methyl sites for hydroxylation is 2. The lowest BCUT2D eigenvalue weighted by atomic mass is 10.0. The zero-order chi connectivity index (χ0) is 18.1. The van der Waals surface area contributed by atoms with Crippen LogP contribution >= 0.6 is 27.3 Å². The third-order valence-corrected chi connectivity index (χ3v) is 5.63. The number of aromatic nitrogens is 2. The molecule has 0 spiro atoms. The summed E-state index contributed by atoms with van der Waals surface area (Å²) in [6.45, 7) is 4.14. The van der Waals surface area contributed by atoms with Gasteiger partial charge >= 0.3 is 5.97 Å². The van der Waals surface area contributed by atoms with Crippen LogP contribution in [0.1, 0.15) is 24.2 Å². The van der Waals surface area contributed by atoms with Crippen LogP contribution in [0.2, 0.25) is 0 Å². The molecule has 3 rings (SSSR count). The molecule has 25 heavy (non-hydrogen) atoms. The monoisotopic (exact) mass is 420 g/mol. The minimum absolute atomic E-state index is 0.0316. The highest BCUT2D eigenvalue weighted by molar-refractivity contribution is 9.10. The molecule has 1 aromatic carbocycles. The SMILES string of the molecule is Cc1ccc(Br)c(-c2csc3nc(C)n(CCCC(=O)O)c(=O)c23)c1. The van der Waals surface area contributed by atoms with Gasteiger partial charge in [-0.15, -0.1) is 11.3 Å². The van der Waals surface area contributed by atoms with E-state index in [1.54, 1.807) is 11.5 Å². The van der Waals surface area contributed by atoms with Crippen molar-refractivity contribution in [3.05, 3.63) is 49.8 Å². The molecule has 3 aromatic rings. The maximum absolute atomic E-state index is 13.0. The Morgan fingerprint density at radius 2 is 2.08 bits per heavy atom. The van der Waals surface area contributed by atoms with E-state index in [0.29, 0.717) is 29.0 Å². The van der Waals surface area contributed by atoms with Crippen molar-refractivity contribution in [3.63, 3.8) is 0 Å². The van der Waals surface area contributed by atoms with Crippen molar-refractivity contribution < 1.29 is 9.90 Å². The van der Waals surface area contributed by atoms with Crippen LogP contribution in [0.3, 0.4) is 0 Å². The van der Waals surface area contributed by atoms with Crippen molar-refractivity contribution in [1.29, 1.82) is 0 Å². The molecule has 130 valence electrons. The van der Waals surface area contributed by atoms with Gasteiger partial charge < -0.3 is 5.11 Å². The lowest BCUT2D eigenvalue weighted by Crippen LogP contribution is -2.24. The maximum atomic E-state index is 13.0. The number of rotatable bonds is 5. The summed E-state index contributed by atoms with van der Waals surface area (Å²) in [7, 11) is 0. The van der Waals surface area contributed by atoms with E-state index in [4.69, 9.17) is 5.11 Å². The van der Waals surface area contributed by atoms with Crippen molar-refractivity contribution >= 4 is 43.5 Å². The highest BCUT2D eigenvalue weighted by Crippen LogP contribution is 2.36. The lowest BCUT2D eigenvalue weighted by Gasteiger charge is -2.10. The molecule has 0 aliphatic rings. The number of halogens is 1. The molecule has 2 aromatic heterocycles. The first-order valence-corrected chi connectivity index (χ1v) is 9.52. The summed E-state index contributed by atoms with van der Waals surface area (Å²) in [5.41, 5.74) is 2.82. The number of carbonyl (C=O) groups is 1. The largest absolute Gasteiger partial charge is 0.481 e. The minimum atomic E-state index is -0.861. The number of nitrogens with zero attached hydrogens (tertiary/aromatic N) is 2. The van der Waals surface area contributed by atoms with Crippen LogP contribution < -0.4 is 5.56 Å². The number of hydrogen-bond donors (Lipinski definition) is 1. The van der Waals surface area contributed by atoms with Gasteiger partial charge in [-0.3, -0.25) is 14.2 Å². The van der Waals surface area contributed by atoms with Gasteiger partial charge in [0, 0.05) is 28.4 Å². The fraction of sp³-hybridized carbons (Fsp3) is 0.278. The van der Waals surface area contributed by atoms with E-state index in [1.165, 1.54) is 11.3 Å². The van der Waals surface area contributed by atoms with Gasteiger partial charge in [-0.05, 0) is 31.9 Å². The van der Waals surface area contributed by atoms with Crippen molar-refractivity contribution in [2.24, 2.45) is 0 Å². The lowest BCUT2D eigenvalue weighted by molar-refractivity contribution is -0.137. The zero-order valence-electron chi connectivity index (χ0n) is 13.9. The second kappa shape index (κ2) is 7.09. The normalized spacial score (nSPS) is 11.2. The molecule has 0 radical (unpaired) electrons. The molecule has 2 heterocycles. The van der Waals surface area contributed by atoms with Gasteiger partial charge in [0.15, 0.2) is 0 Å². The van der Waals surface area contributed by atoms with E-state index < -0.39 is 5.97 Å². The molecular formula is C18H17BrN2O3S. The van der Waals surface area contributed by atoms with Gasteiger partial charge in [-0.2, -0.15) is 0 Å². The number of carboxylic acid groups (broad SMARTS) is 1. The highest BCUT2D eigenvalue weighted by Gasteiger charge is 2.17. The van der Waals surface area contributed by atoms with Crippen LogP contribution in [-0.2, 0) is 11.3 Å². The third kappa shape index (κ3) is 3.52. The van der Waals surface area contributed by atoms with Crippen LogP contribution in [0.25, 0.3) is 21.3 Å². The van der Waals surface area contributed by atoms with E-state index >= 15 is 0 Å². The quantitative estimate of drug-likeness (QED) is 0.664. The molecule has 0 aliphatic heterocycles. The molecule has 0 saturated heterocycles. The molecule has 5 nitrogen and oxygen atoms in total. The van der Waals surface area contributed by atoms with Crippen LogP contribution in [0.5, 0.6) is 0 Å². The Hall–Kier alpha value is -1.99. The summed E-state index contributed by atoms with van der Waals surface area (Å²) in [5.74, 6) is -0.251. The van der Waals surface area contributed by atoms with Gasteiger partial charge in [-0.1, -0.05) is 33.6 Å². The first-order valence-electron chi connectivity index (χ1n) is 7.85. The molecule has 0 aliphatic carbocycles. The van der Waals surface area contributed by atoms with Crippen molar-refractivity contribution in [2.45, 2.75) is 33.2 Å². The standard InChI is InChI=1S/C18H17BrN2O3S/c1-10-5-6-14(19)12(8-10)13-9-25-17-16(13)18(24)21(11(2)20-17)7-3-4-15(22)23/h5-6,8-9H,3-4,7H2,1-2H3,(H,22,23). The van der Waals surface area contributed by atoms with Gasteiger partial charge in [0.2, 0.25) is 0 Å². The van der Waals surface area contributed by atoms with E-state index in [9.17, 15) is 9.59 Å². The summed E-state index contributed by atoms with van der Waals surface area (Å²) in [6.07, 6.45) is 0.431. The van der Waals surface area contributed by atoms with Crippen LogP contribution in [0, 0.1) is 13.8 Å². The number of aliphatic carboxylic acids is 1. The Morgan fingerprint density at radius 3 is 2.80 bits per heavy atom. The van der Waals surface area contributed by atoms with Crippen LogP contribution in [0.15, 0.2) is 32.8 Å². The Labute approximate surface area is 157 Å². The maximum Gasteiger partial charge on any atom is 0.303 e. The second-order valence-electron chi connectivity index (χ2n) is 5.93. The molecule has 0 bridgehead atoms. The van der Waals surface area contributed by atoms with Crippen LogP contribution in [0.4, 0.5) is 0 Å².